The number of carbonyl (C=O) groups is 1. The van der Waals surface area contributed by atoms with E-state index in [1.165, 1.54) is 6.07 Å². The van der Waals surface area contributed by atoms with Crippen LogP contribution in [0.1, 0.15) is 5.56 Å². The molecule has 1 fully saturated rings. The summed E-state index contributed by atoms with van der Waals surface area (Å²) < 4.78 is 5.68. The van der Waals surface area contributed by atoms with Crippen molar-refractivity contribution in [3.63, 3.8) is 0 Å². The van der Waals surface area contributed by atoms with Gasteiger partial charge in [-0.3, -0.25) is 10.1 Å². The molecule has 1 N–H and O–H groups in total. The maximum atomic E-state index is 11.3. The van der Waals surface area contributed by atoms with Crippen molar-refractivity contribution >= 4 is 33.3 Å². The minimum absolute atomic E-state index is 0.000703. The Morgan fingerprint density at radius 3 is 2.90 bits per heavy atom. The number of nitro groups is 1. The molecule has 1 aromatic rings. The van der Waals surface area contributed by atoms with Crippen LogP contribution < -0.4 is 4.90 Å². The van der Waals surface area contributed by atoms with Gasteiger partial charge in [0.1, 0.15) is 0 Å². The Hall–Kier alpha value is -1.67. The molecule has 108 valence electrons. The van der Waals surface area contributed by atoms with E-state index in [-0.39, 0.29) is 12.3 Å². The zero-order chi connectivity index (χ0) is 14.9. The van der Waals surface area contributed by atoms with Crippen LogP contribution >= 0.6 is 15.9 Å². The van der Waals surface area contributed by atoms with Crippen molar-refractivity contribution in [2.45, 2.75) is 13.0 Å². The lowest BCUT2D eigenvalue weighted by atomic mass is 10.1. The summed E-state index contributed by atoms with van der Waals surface area (Å²) in [6, 6.07) is 2.24. The summed E-state index contributed by atoms with van der Waals surface area (Å²) in [7, 11) is 0. The lowest BCUT2D eigenvalue weighted by Crippen LogP contribution is -2.50. The molecule has 0 radical (unpaired) electrons. The maximum Gasteiger partial charge on any atom is 0.328 e. The van der Waals surface area contributed by atoms with Crippen LogP contribution in [0.25, 0.3) is 0 Å². The number of nitro benzene ring substituents is 1. The van der Waals surface area contributed by atoms with Gasteiger partial charge < -0.3 is 14.7 Å². The van der Waals surface area contributed by atoms with Gasteiger partial charge in [0.05, 0.1) is 23.8 Å². The first kappa shape index (κ1) is 14.7. The number of carboxylic acids is 1. The van der Waals surface area contributed by atoms with E-state index in [2.05, 4.69) is 15.9 Å². The fraction of sp³-hybridized carbons (Fsp3) is 0.417. The quantitative estimate of drug-likeness (QED) is 0.665. The third kappa shape index (κ3) is 2.75. The SMILES string of the molecule is Cc1cc(N2CCOCC2C(=O)O)c(Br)cc1[N+](=O)[O-]. The van der Waals surface area contributed by atoms with E-state index in [4.69, 9.17) is 4.74 Å². The molecular weight excluding hydrogens is 332 g/mol. The Morgan fingerprint density at radius 2 is 2.30 bits per heavy atom. The molecule has 0 amide bonds. The van der Waals surface area contributed by atoms with Crippen LogP contribution in [-0.4, -0.2) is 41.8 Å². The molecular formula is C12H13BrN2O5. The topological polar surface area (TPSA) is 92.9 Å². The number of carboxylic acid groups (broad SMARTS) is 1. The molecule has 8 heteroatoms. The summed E-state index contributed by atoms with van der Waals surface area (Å²) in [5.74, 6) is -0.979. The van der Waals surface area contributed by atoms with Crippen LogP contribution in [0, 0.1) is 17.0 Å². The summed E-state index contributed by atoms with van der Waals surface area (Å²) in [4.78, 5) is 23.4. The number of aliphatic carboxylic acids is 1. The molecule has 1 aliphatic rings. The molecule has 1 aromatic carbocycles. The smallest absolute Gasteiger partial charge is 0.328 e. The number of hydrogen-bond donors (Lipinski definition) is 1. The van der Waals surface area contributed by atoms with Gasteiger partial charge in [0.25, 0.3) is 5.69 Å². The molecule has 20 heavy (non-hydrogen) atoms. The molecule has 0 spiro atoms. The van der Waals surface area contributed by atoms with E-state index in [1.54, 1.807) is 17.9 Å². The third-order valence-corrected chi connectivity index (χ3v) is 3.82. The Balaban J connectivity index is 2.43. The lowest BCUT2D eigenvalue weighted by Gasteiger charge is -2.35. The first-order chi connectivity index (χ1) is 9.41. The second-order valence-electron chi connectivity index (χ2n) is 4.47. The highest BCUT2D eigenvalue weighted by atomic mass is 79.9. The van der Waals surface area contributed by atoms with Crippen molar-refractivity contribution in [2.24, 2.45) is 0 Å². The van der Waals surface area contributed by atoms with Gasteiger partial charge in [0, 0.05) is 22.6 Å². The molecule has 7 nitrogen and oxygen atoms in total. The summed E-state index contributed by atoms with van der Waals surface area (Å²) in [5, 5.41) is 20.1. The van der Waals surface area contributed by atoms with E-state index in [0.29, 0.717) is 28.9 Å². The number of hydrogen-bond acceptors (Lipinski definition) is 5. The molecule has 1 heterocycles. The summed E-state index contributed by atoms with van der Waals surface area (Å²) >= 11 is 3.28. The highest BCUT2D eigenvalue weighted by Gasteiger charge is 2.31. The standard InChI is InChI=1S/C12H13BrN2O5/c1-7-4-10(8(13)5-9(7)15(18)19)14-2-3-20-6-11(14)12(16)17/h4-5,11H,2-3,6H2,1H3,(H,16,17). The number of benzene rings is 1. The van der Waals surface area contributed by atoms with Gasteiger partial charge in [0.2, 0.25) is 0 Å². The van der Waals surface area contributed by atoms with Gasteiger partial charge in [0.15, 0.2) is 6.04 Å². The molecule has 1 saturated heterocycles. The van der Waals surface area contributed by atoms with Crippen molar-refractivity contribution < 1.29 is 19.6 Å². The molecule has 1 unspecified atom stereocenters. The number of aryl methyl sites for hydroxylation is 1. The Kier molecular flexibility index (Phi) is 4.24. The van der Waals surface area contributed by atoms with Crippen molar-refractivity contribution in [3.8, 4) is 0 Å². The predicted molar refractivity (Wildman–Crippen MR) is 75.1 cm³/mol. The van der Waals surface area contributed by atoms with Gasteiger partial charge in [-0.25, -0.2) is 4.79 Å². The van der Waals surface area contributed by atoms with E-state index < -0.39 is 16.9 Å². The van der Waals surface area contributed by atoms with Crippen molar-refractivity contribution in [2.75, 3.05) is 24.7 Å². The van der Waals surface area contributed by atoms with Gasteiger partial charge >= 0.3 is 5.97 Å². The van der Waals surface area contributed by atoms with Crippen molar-refractivity contribution in [3.05, 3.63) is 32.3 Å². The Morgan fingerprint density at radius 1 is 1.60 bits per heavy atom. The zero-order valence-electron chi connectivity index (χ0n) is 10.7. The number of anilines is 1. The van der Waals surface area contributed by atoms with Crippen LogP contribution in [0.5, 0.6) is 0 Å². The second-order valence-corrected chi connectivity index (χ2v) is 5.32. The Bertz CT molecular complexity index is 563. The fourth-order valence-corrected chi connectivity index (χ4v) is 2.73. The Labute approximate surface area is 123 Å². The summed E-state index contributed by atoms with van der Waals surface area (Å²) in [6.07, 6.45) is 0. The van der Waals surface area contributed by atoms with Crippen molar-refractivity contribution in [1.82, 2.24) is 0 Å². The van der Waals surface area contributed by atoms with Gasteiger partial charge in [-0.05, 0) is 28.9 Å². The fourth-order valence-electron chi connectivity index (χ4n) is 2.17. The number of ether oxygens (including phenoxy) is 1. The molecule has 0 saturated carbocycles. The zero-order valence-corrected chi connectivity index (χ0v) is 12.3. The van der Waals surface area contributed by atoms with E-state index >= 15 is 0 Å². The number of morpholine rings is 1. The van der Waals surface area contributed by atoms with E-state index in [1.807, 2.05) is 0 Å². The lowest BCUT2D eigenvalue weighted by molar-refractivity contribution is -0.385. The third-order valence-electron chi connectivity index (χ3n) is 3.19. The molecule has 2 rings (SSSR count). The van der Waals surface area contributed by atoms with Crippen LogP contribution in [0.15, 0.2) is 16.6 Å². The second kappa shape index (κ2) is 5.76. The average Bonchev–Trinajstić information content (AvgIpc) is 2.40. The predicted octanol–water partition coefficient (Wildman–Crippen LogP) is 1.96. The van der Waals surface area contributed by atoms with Crippen LogP contribution in [0.2, 0.25) is 0 Å². The molecule has 0 bridgehead atoms. The molecule has 0 aromatic heterocycles. The average molecular weight is 345 g/mol. The first-order valence-electron chi connectivity index (χ1n) is 5.93. The van der Waals surface area contributed by atoms with Gasteiger partial charge in [-0.2, -0.15) is 0 Å². The minimum Gasteiger partial charge on any atom is -0.480 e. The maximum absolute atomic E-state index is 11.3. The van der Waals surface area contributed by atoms with Crippen LogP contribution in [0.4, 0.5) is 11.4 Å². The number of halogens is 1. The molecule has 1 atom stereocenters. The highest BCUT2D eigenvalue weighted by Crippen LogP contribution is 2.34. The number of nitrogens with zero attached hydrogens (tertiary/aromatic N) is 2. The summed E-state index contributed by atoms with van der Waals surface area (Å²) in [5.41, 5.74) is 1.12. The minimum atomic E-state index is -0.979. The van der Waals surface area contributed by atoms with Crippen molar-refractivity contribution in [1.29, 1.82) is 0 Å². The van der Waals surface area contributed by atoms with Crippen LogP contribution in [0.3, 0.4) is 0 Å². The largest absolute Gasteiger partial charge is 0.480 e. The highest BCUT2D eigenvalue weighted by molar-refractivity contribution is 9.10. The summed E-state index contributed by atoms with van der Waals surface area (Å²) in [6.45, 7) is 2.57. The molecule has 1 aliphatic heterocycles. The monoisotopic (exact) mass is 344 g/mol. The van der Waals surface area contributed by atoms with Gasteiger partial charge in [-0.1, -0.05) is 0 Å². The van der Waals surface area contributed by atoms with E-state index in [9.17, 15) is 20.0 Å². The molecule has 0 aliphatic carbocycles. The first-order valence-corrected chi connectivity index (χ1v) is 6.73. The normalized spacial score (nSPS) is 18.9. The number of rotatable bonds is 3. The van der Waals surface area contributed by atoms with Gasteiger partial charge in [-0.15, -0.1) is 0 Å². The van der Waals surface area contributed by atoms with E-state index in [0.717, 1.165) is 0 Å². The van der Waals surface area contributed by atoms with Crippen LogP contribution in [-0.2, 0) is 9.53 Å².